The van der Waals surface area contributed by atoms with Crippen LogP contribution in [0.1, 0.15) is 43.0 Å². The third kappa shape index (κ3) is 5.05. The minimum atomic E-state index is 0.294. The van der Waals surface area contributed by atoms with E-state index in [2.05, 4.69) is 189 Å². The molecule has 1 heteroatoms. The van der Waals surface area contributed by atoms with Crippen molar-refractivity contribution in [2.24, 2.45) is 5.92 Å². The Bertz CT molecular complexity index is 2420. The molecule has 8 rings (SSSR count). The zero-order valence-corrected chi connectivity index (χ0v) is 27.1. The second-order valence-corrected chi connectivity index (χ2v) is 12.7. The van der Waals surface area contributed by atoms with Gasteiger partial charge in [0.05, 0.1) is 11.0 Å². The van der Waals surface area contributed by atoms with Gasteiger partial charge < -0.3 is 4.57 Å². The maximum absolute atomic E-state index is 2.41. The van der Waals surface area contributed by atoms with Crippen LogP contribution in [0, 0.1) is 5.92 Å². The minimum Gasteiger partial charge on any atom is -0.309 e. The molecular formula is C46H37N. The summed E-state index contributed by atoms with van der Waals surface area (Å²) in [5.74, 6) is 0.294. The lowest BCUT2D eigenvalue weighted by atomic mass is 9.83. The lowest BCUT2D eigenvalue weighted by molar-refractivity contribution is 0.937. The lowest BCUT2D eigenvalue weighted by Crippen LogP contribution is -2.01. The second kappa shape index (κ2) is 11.9. The topological polar surface area (TPSA) is 4.93 Å². The Balaban J connectivity index is 1.42. The first kappa shape index (κ1) is 28.8. The first-order valence-electron chi connectivity index (χ1n) is 16.5. The number of hydrogen-bond donors (Lipinski definition) is 0. The van der Waals surface area contributed by atoms with E-state index in [1.54, 1.807) is 0 Å². The van der Waals surface area contributed by atoms with Crippen molar-refractivity contribution in [1.29, 1.82) is 0 Å². The quantitative estimate of drug-likeness (QED) is 0.189. The van der Waals surface area contributed by atoms with Crippen LogP contribution in [0.5, 0.6) is 0 Å². The fourth-order valence-corrected chi connectivity index (χ4v) is 7.33. The smallest absolute Gasteiger partial charge is 0.0541 e. The standard InChI is InChI=1S/C46H37N/c1-31-24-26-32(2)45(35-28-29-44-42(30-35)38-19-11-12-23-43(38)47(44)36-16-5-4-6-17-36)40-20-9-10-21-41(40)46(33(3)27-25-31)39-22-13-15-34-14-7-8-18-37(34)39/h4-31H,1-3H3/b26-24-,27-25?,45-32+,46-33?. The highest BCUT2D eigenvalue weighted by molar-refractivity contribution is 6.11. The molecule has 1 aliphatic carbocycles. The number of para-hydroxylation sites is 2. The van der Waals surface area contributed by atoms with Crippen LogP contribution in [-0.4, -0.2) is 4.57 Å². The van der Waals surface area contributed by atoms with E-state index in [1.165, 1.54) is 82.8 Å². The number of fused-ring (bicyclic) bond motifs is 5. The van der Waals surface area contributed by atoms with E-state index in [1.807, 2.05) is 0 Å². The monoisotopic (exact) mass is 603 g/mol. The summed E-state index contributed by atoms with van der Waals surface area (Å²) in [4.78, 5) is 0. The summed E-state index contributed by atoms with van der Waals surface area (Å²) < 4.78 is 2.39. The zero-order chi connectivity index (χ0) is 31.9. The largest absolute Gasteiger partial charge is 0.309 e. The van der Waals surface area contributed by atoms with Gasteiger partial charge >= 0.3 is 0 Å². The van der Waals surface area contributed by atoms with Crippen LogP contribution in [0.25, 0.3) is 49.4 Å². The lowest BCUT2D eigenvalue weighted by Gasteiger charge is -2.21. The molecule has 0 N–H and O–H groups in total. The Morgan fingerprint density at radius 1 is 0.468 bits per heavy atom. The van der Waals surface area contributed by atoms with E-state index in [9.17, 15) is 0 Å². The highest BCUT2D eigenvalue weighted by Gasteiger charge is 2.21. The van der Waals surface area contributed by atoms with E-state index in [0.717, 1.165) is 0 Å². The Kier molecular flexibility index (Phi) is 7.31. The fourth-order valence-electron chi connectivity index (χ4n) is 7.33. The van der Waals surface area contributed by atoms with Gasteiger partial charge in [0.1, 0.15) is 0 Å². The molecule has 0 bridgehead atoms. The van der Waals surface area contributed by atoms with Crippen molar-refractivity contribution in [1.82, 2.24) is 4.57 Å². The first-order chi connectivity index (χ1) is 23.1. The SMILES string of the molecule is CC1=C(c2cccc3ccccc23)c2ccccc2/C(c2ccc3c(c2)c2ccccc2n3-c2ccccc2)=C(C)/C=C\C(C)C=C1. The summed E-state index contributed by atoms with van der Waals surface area (Å²) >= 11 is 0. The van der Waals surface area contributed by atoms with Crippen molar-refractivity contribution >= 4 is 43.7 Å². The Labute approximate surface area is 277 Å². The first-order valence-corrected chi connectivity index (χ1v) is 16.5. The molecule has 1 nitrogen and oxygen atoms in total. The van der Waals surface area contributed by atoms with E-state index in [4.69, 9.17) is 0 Å². The molecule has 1 aliphatic rings. The second-order valence-electron chi connectivity index (χ2n) is 12.7. The van der Waals surface area contributed by atoms with Gasteiger partial charge in [-0.1, -0.05) is 140 Å². The average Bonchev–Trinajstić information content (AvgIpc) is 3.44. The summed E-state index contributed by atoms with van der Waals surface area (Å²) in [6.07, 6.45) is 9.28. The molecule has 0 aliphatic heterocycles. The minimum absolute atomic E-state index is 0.294. The molecule has 0 saturated heterocycles. The zero-order valence-electron chi connectivity index (χ0n) is 27.1. The van der Waals surface area contributed by atoms with Crippen molar-refractivity contribution in [2.75, 3.05) is 0 Å². The van der Waals surface area contributed by atoms with Crippen molar-refractivity contribution in [2.45, 2.75) is 20.8 Å². The third-order valence-corrected chi connectivity index (χ3v) is 9.59. The van der Waals surface area contributed by atoms with E-state index in [-0.39, 0.29) is 0 Å². The molecule has 0 spiro atoms. The molecule has 1 heterocycles. The molecule has 6 aromatic carbocycles. The van der Waals surface area contributed by atoms with Crippen LogP contribution in [0.3, 0.4) is 0 Å². The normalized spacial score (nSPS) is 17.6. The van der Waals surface area contributed by atoms with Crippen LogP contribution < -0.4 is 0 Å². The number of hydrogen-bond acceptors (Lipinski definition) is 0. The van der Waals surface area contributed by atoms with Crippen LogP contribution >= 0.6 is 0 Å². The van der Waals surface area contributed by atoms with Gasteiger partial charge in [0.2, 0.25) is 0 Å². The predicted octanol–water partition coefficient (Wildman–Crippen LogP) is 12.3. The van der Waals surface area contributed by atoms with Gasteiger partial charge in [-0.2, -0.15) is 0 Å². The number of rotatable bonds is 3. The summed E-state index contributed by atoms with van der Waals surface area (Å²) in [7, 11) is 0. The van der Waals surface area contributed by atoms with Crippen LogP contribution in [0.4, 0.5) is 0 Å². The predicted molar refractivity (Wildman–Crippen MR) is 202 cm³/mol. The molecule has 7 aromatic rings. The van der Waals surface area contributed by atoms with E-state index < -0.39 is 0 Å². The van der Waals surface area contributed by atoms with E-state index in [0.29, 0.717) is 5.92 Å². The number of benzene rings is 6. The van der Waals surface area contributed by atoms with Crippen LogP contribution in [0.15, 0.2) is 175 Å². The molecule has 0 amide bonds. The molecule has 1 unspecified atom stereocenters. The number of nitrogens with zero attached hydrogens (tertiary/aromatic N) is 1. The molecule has 0 fully saturated rings. The van der Waals surface area contributed by atoms with Crippen LogP contribution in [0.2, 0.25) is 0 Å². The van der Waals surface area contributed by atoms with Crippen molar-refractivity contribution in [3.05, 3.63) is 197 Å². The maximum Gasteiger partial charge on any atom is 0.0541 e. The van der Waals surface area contributed by atoms with Crippen LogP contribution in [-0.2, 0) is 0 Å². The number of aromatic nitrogens is 1. The van der Waals surface area contributed by atoms with Crippen molar-refractivity contribution in [3.63, 3.8) is 0 Å². The van der Waals surface area contributed by atoms with Gasteiger partial charge in [0, 0.05) is 16.5 Å². The summed E-state index contributed by atoms with van der Waals surface area (Å²) in [5.41, 5.74) is 13.6. The third-order valence-electron chi connectivity index (χ3n) is 9.59. The van der Waals surface area contributed by atoms with Crippen molar-refractivity contribution in [3.8, 4) is 5.69 Å². The molecule has 0 saturated carbocycles. The van der Waals surface area contributed by atoms with E-state index >= 15 is 0 Å². The molecule has 226 valence electrons. The highest BCUT2D eigenvalue weighted by Crippen LogP contribution is 2.41. The summed E-state index contributed by atoms with van der Waals surface area (Å²) in [6.45, 7) is 6.79. The molecule has 0 radical (unpaired) electrons. The molecule has 1 aromatic heterocycles. The average molecular weight is 604 g/mol. The summed E-state index contributed by atoms with van der Waals surface area (Å²) in [6, 6.07) is 50.9. The Hall–Kier alpha value is -5.66. The molecule has 1 atom stereocenters. The van der Waals surface area contributed by atoms with Gasteiger partial charge in [0.25, 0.3) is 0 Å². The van der Waals surface area contributed by atoms with Crippen molar-refractivity contribution < 1.29 is 0 Å². The number of allylic oxidation sites excluding steroid dienone is 6. The molecule has 47 heavy (non-hydrogen) atoms. The van der Waals surface area contributed by atoms with Gasteiger partial charge in [-0.3, -0.25) is 0 Å². The maximum atomic E-state index is 2.41. The van der Waals surface area contributed by atoms with Gasteiger partial charge in [-0.15, -0.1) is 0 Å². The Morgan fingerprint density at radius 3 is 1.83 bits per heavy atom. The molecular weight excluding hydrogens is 567 g/mol. The Morgan fingerprint density at radius 2 is 1.04 bits per heavy atom. The van der Waals surface area contributed by atoms with Gasteiger partial charge in [-0.25, -0.2) is 0 Å². The van der Waals surface area contributed by atoms with Gasteiger partial charge in [-0.05, 0) is 105 Å². The van der Waals surface area contributed by atoms with Gasteiger partial charge in [0.15, 0.2) is 0 Å². The fraction of sp³-hybridized carbons (Fsp3) is 0.0870. The summed E-state index contributed by atoms with van der Waals surface area (Å²) in [5, 5.41) is 5.04. The highest BCUT2D eigenvalue weighted by atomic mass is 15.0.